The molecule has 1 aliphatic heterocycles. The standard InChI is InChI=1S/C31H34N2O8S/c34-18-20-5-7-21(8-6-20)27-17-25(19-42-26-15-11-22(12-16-26)30(37)38)40-31(41-27)23-9-13-24(14-10-23)32-28(35)3-1-2-4-29(36)33-39/h5-16,25,27,31,34,39H,1-4,17-19H2,(H,32,35)(H,33,36)(H,37,38)/t25-,27+,31+/m0/s1. The molecule has 1 saturated heterocycles. The lowest BCUT2D eigenvalue weighted by Gasteiger charge is -2.36. The number of thioether (sulfide) groups is 1. The molecule has 0 spiro atoms. The molecule has 3 aromatic rings. The summed E-state index contributed by atoms with van der Waals surface area (Å²) in [5.74, 6) is -0.978. The third kappa shape index (κ3) is 9.13. The first-order chi connectivity index (χ1) is 20.3. The third-order valence-electron chi connectivity index (χ3n) is 6.80. The number of unbranched alkanes of at least 4 members (excludes halogenated alkanes) is 1. The van der Waals surface area contributed by atoms with Gasteiger partial charge in [0.1, 0.15) is 0 Å². The molecule has 1 fully saturated rings. The molecule has 1 aliphatic rings. The second-order valence-corrected chi connectivity index (χ2v) is 11.0. The molecule has 5 N–H and O–H groups in total. The van der Waals surface area contributed by atoms with Crippen molar-refractivity contribution in [1.29, 1.82) is 0 Å². The summed E-state index contributed by atoms with van der Waals surface area (Å²) in [5.41, 5.74) is 5.02. The van der Waals surface area contributed by atoms with Gasteiger partial charge in [-0.3, -0.25) is 14.8 Å². The highest BCUT2D eigenvalue weighted by Gasteiger charge is 2.32. The van der Waals surface area contributed by atoms with Gasteiger partial charge in [0, 0.05) is 41.2 Å². The van der Waals surface area contributed by atoms with Crippen LogP contribution < -0.4 is 10.8 Å². The van der Waals surface area contributed by atoms with E-state index in [0.29, 0.717) is 30.7 Å². The number of nitrogens with one attached hydrogen (secondary N) is 2. The van der Waals surface area contributed by atoms with Crippen LogP contribution in [0, 0.1) is 0 Å². The minimum atomic E-state index is -0.965. The van der Waals surface area contributed by atoms with Crippen LogP contribution in [0.3, 0.4) is 0 Å². The van der Waals surface area contributed by atoms with Gasteiger partial charge in [0.25, 0.3) is 0 Å². The fourth-order valence-electron chi connectivity index (χ4n) is 4.48. The summed E-state index contributed by atoms with van der Waals surface area (Å²) >= 11 is 1.58. The zero-order chi connectivity index (χ0) is 29.9. The summed E-state index contributed by atoms with van der Waals surface area (Å²) in [5, 5.41) is 30.0. The number of carboxylic acids is 1. The number of ether oxygens (including phenoxy) is 2. The molecular weight excluding hydrogens is 560 g/mol. The molecule has 3 atom stereocenters. The predicted octanol–water partition coefficient (Wildman–Crippen LogP) is 5.22. The van der Waals surface area contributed by atoms with Crippen LogP contribution in [0.15, 0.2) is 77.7 Å². The Labute approximate surface area is 248 Å². The Bertz CT molecular complexity index is 1330. The van der Waals surface area contributed by atoms with E-state index in [0.717, 1.165) is 21.6 Å². The van der Waals surface area contributed by atoms with Gasteiger partial charge in [-0.15, -0.1) is 11.8 Å². The maximum Gasteiger partial charge on any atom is 0.335 e. The summed E-state index contributed by atoms with van der Waals surface area (Å²) in [7, 11) is 0. The van der Waals surface area contributed by atoms with Crippen molar-refractivity contribution in [3.63, 3.8) is 0 Å². The topological polar surface area (TPSA) is 154 Å². The van der Waals surface area contributed by atoms with E-state index in [1.807, 2.05) is 36.4 Å². The zero-order valence-corrected chi connectivity index (χ0v) is 23.7. The van der Waals surface area contributed by atoms with Crippen LogP contribution >= 0.6 is 11.8 Å². The number of aliphatic hydroxyl groups is 1. The zero-order valence-electron chi connectivity index (χ0n) is 22.9. The second-order valence-electron chi connectivity index (χ2n) is 9.90. The molecule has 42 heavy (non-hydrogen) atoms. The number of hydrogen-bond donors (Lipinski definition) is 5. The quantitative estimate of drug-likeness (QED) is 0.0775. The molecule has 1 heterocycles. The van der Waals surface area contributed by atoms with Crippen molar-refractivity contribution in [2.45, 2.75) is 62.1 Å². The van der Waals surface area contributed by atoms with E-state index in [2.05, 4.69) is 5.32 Å². The molecule has 3 aromatic carbocycles. The number of rotatable bonds is 13. The minimum absolute atomic E-state index is 0.0404. The Morgan fingerprint density at radius 3 is 2.10 bits per heavy atom. The first-order valence-corrected chi connectivity index (χ1v) is 14.6. The fraction of sp³-hybridized carbons (Fsp3) is 0.323. The van der Waals surface area contributed by atoms with Crippen molar-refractivity contribution in [2.75, 3.05) is 11.1 Å². The lowest BCUT2D eigenvalue weighted by atomic mass is 10.0. The Morgan fingerprint density at radius 1 is 0.833 bits per heavy atom. The van der Waals surface area contributed by atoms with Crippen molar-refractivity contribution in [1.82, 2.24) is 5.48 Å². The molecule has 0 aliphatic carbocycles. The molecule has 0 aromatic heterocycles. The van der Waals surface area contributed by atoms with E-state index in [9.17, 15) is 19.5 Å². The molecule has 0 saturated carbocycles. The van der Waals surface area contributed by atoms with Crippen molar-refractivity contribution < 1.29 is 39.3 Å². The van der Waals surface area contributed by atoms with Crippen LogP contribution in [0.25, 0.3) is 0 Å². The Morgan fingerprint density at radius 2 is 1.48 bits per heavy atom. The molecule has 0 unspecified atom stereocenters. The minimum Gasteiger partial charge on any atom is -0.478 e. The number of benzene rings is 3. The largest absolute Gasteiger partial charge is 0.478 e. The van der Waals surface area contributed by atoms with E-state index in [4.69, 9.17) is 19.8 Å². The molecule has 11 heteroatoms. The van der Waals surface area contributed by atoms with Crippen LogP contribution in [0.4, 0.5) is 5.69 Å². The maximum atomic E-state index is 12.3. The maximum absolute atomic E-state index is 12.3. The smallest absolute Gasteiger partial charge is 0.335 e. The SMILES string of the molecule is O=C(CCCCC(=O)Nc1ccc([C@@H]2O[C@H](CSc3ccc(C(=O)O)cc3)C[C@H](c3ccc(CO)cc3)O2)cc1)NO. The molecular formula is C31H34N2O8S. The average Bonchev–Trinajstić information content (AvgIpc) is 3.02. The summed E-state index contributed by atoms with van der Waals surface area (Å²) in [6.45, 7) is -0.0404. The van der Waals surface area contributed by atoms with E-state index in [1.165, 1.54) is 0 Å². The number of hydrogen-bond acceptors (Lipinski definition) is 8. The highest BCUT2D eigenvalue weighted by atomic mass is 32.2. The van der Waals surface area contributed by atoms with E-state index < -0.39 is 18.2 Å². The van der Waals surface area contributed by atoms with Crippen molar-refractivity contribution >= 4 is 35.2 Å². The van der Waals surface area contributed by atoms with E-state index in [1.54, 1.807) is 53.6 Å². The molecule has 0 radical (unpaired) electrons. The van der Waals surface area contributed by atoms with Gasteiger partial charge >= 0.3 is 5.97 Å². The molecule has 4 rings (SSSR count). The monoisotopic (exact) mass is 594 g/mol. The van der Waals surface area contributed by atoms with Crippen molar-refractivity contribution in [3.05, 3.63) is 95.1 Å². The number of carbonyl (C=O) groups excluding carboxylic acids is 2. The summed E-state index contributed by atoms with van der Waals surface area (Å²) < 4.78 is 12.7. The fourth-order valence-corrected chi connectivity index (χ4v) is 5.40. The lowest BCUT2D eigenvalue weighted by Crippen LogP contribution is -2.31. The van der Waals surface area contributed by atoms with Gasteiger partial charge in [0.15, 0.2) is 6.29 Å². The normalized spacial score (nSPS) is 18.3. The van der Waals surface area contributed by atoms with Gasteiger partial charge < -0.3 is 25.0 Å². The van der Waals surface area contributed by atoms with Crippen LogP contribution in [0.2, 0.25) is 0 Å². The number of hydroxylamine groups is 1. The average molecular weight is 595 g/mol. The van der Waals surface area contributed by atoms with E-state index >= 15 is 0 Å². The molecule has 2 amide bonds. The van der Waals surface area contributed by atoms with Crippen molar-refractivity contribution in [3.8, 4) is 0 Å². The molecule has 0 bridgehead atoms. The Balaban J connectivity index is 1.40. The van der Waals surface area contributed by atoms with Gasteiger partial charge in [0.2, 0.25) is 11.8 Å². The van der Waals surface area contributed by atoms with Crippen LogP contribution in [-0.4, -0.2) is 45.1 Å². The highest BCUT2D eigenvalue weighted by Crippen LogP contribution is 2.39. The first-order valence-electron chi connectivity index (χ1n) is 13.6. The predicted molar refractivity (Wildman–Crippen MR) is 156 cm³/mol. The second kappa shape index (κ2) is 15.5. The summed E-state index contributed by atoms with van der Waals surface area (Å²) in [4.78, 5) is 35.5. The molecule has 10 nitrogen and oxygen atoms in total. The number of amides is 2. The number of carboxylic acid groups (broad SMARTS) is 1. The Kier molecular flexibility index (Phi) is 11.5. The summed E-state index contributed by atoms with van der Waals surface area (Å²) in [6, 6.07) is 21.6. The lowest BCUT2D eigenvalue weighted by molar-refractivity contribution is -0.245. The third-order valence-corrected chi connectivity index (χ3v) is 7.95. The van der Waals surface area contributed by atoms with Gasteiger partial charge in [-0.25, -0.2) is 10.3 Å². The van der Waals surface area contributed by atoms with Gasteiger partial charge in [-0.05, 0) is 60.4 Å². The van der Waals surface area contributed by atoms with Crippen LogP contribution in [-0.2, 0) is 25.7 Å². The van der Waals surface area contributed by atoms with Gasteiger partial charge in [0.05, 0.1) is 24.4 Å². The number of anilines is 1. The molecule has 222 valence electrons. The first kappa shape index (κ1) is 31.2. The highest BCUT2D eigenvalue weighted by molar-refractivity contribution is 7.99. The van der Waals surface area contributed by atoms with Crippen LogP contribution in [0.1, 0.15) is 71.5 Å². The van der Waals surface area contributed by atoms with Crippen molar-refractivity contribution in [2.24, 2.45) is 0 Å². The number of carbonyl (C=O) groups is 3. The number of aromatic carboxylic acids is 1. The number of aliphatic hydroxyl groups excluding tert-OH is 1. The van der Waals surface area contributed by atoms with E-state index in [-0.39, 0.29) is 43.1 Å². The van der Waals surface area contributed by atoms with Crippen LogP contribution in [0.5, 0.6) is 0 Å². The Hall–Kier alpha value is -3.74. The van der Waals surface area contributed by atoms with Gasteiger partial charge in [-0.1, -0.05) is 36.4 Å². The summed E-state index contributed by atoms with van der Waals surface area (Å²) in [6.07, 6.45) is 0.975. The van der Waals surface area contributed by atoms with Gasteiger partial charge in [-0.2, -0.15) is 0 Å².